The van der Waals surface area contributed by atoms with Crippen molar-refractivity contribution in [1.82, 2.24) is 15.5 Å². The zero-order valence-corrected chi connectivity index (χ0v) is 9.77. The van der Waals surface area contributed by atoms with Crippen molar-refractivity contribution in [3.63, 3.8) is 0 Å². The average molecular weight is 254 g/mol. The summed E-state index contributed by atoms with van der Waals surface area (Å²) in [5, 5.41) is 17.4. The minimum Gasteiger partial charge on any atom is -0.480 e. The number of carbonyl (C=O) groups excluding carboxylic acids is 2. The van der Waals surface area contributed by atoms with E-state index in [-0.39, 0.29) is 6.42 Å². The summed E-state index contributed by atoms with van der Waals surface area (Å²) in [5.74, 6) is -2.60. The van der Waals surface area contributed by atoms with Crippen LogP contribution < -0.4 is 11.1 Å². The molecule has 1 atom stereocenters. The number of aromatic amines is 1. The Kier molecular flexibility index (Phi) is 4.41. The van der Waals surface area contributed by atoms with Crippen LogP contribution in [-0.2, 0) is 20.8 Å². The lowest BCUT2D eigenvalue weighted by Crippen LogP contribution is -2.43. The number of primary amides is 1. The smallest absolute Gasteiger partial charge is 0.326 e. The third-order valence-corrected chi connectivity index (χ3v) is 2.32. The first-order chi connectivity index (χ1) is 8.40. The molecule has 0 unspecified atom stereocenters. The molecule has 1 heterocycles. The van der Waals surface area contributed by atoms with Crippen molar-refractivity contribution in [1.29, 1.82) is 0 Å². The van der Waals surface area contributed by atoms with Gasteiger partial charge in [-0.25, -0.2) is 4.79 Å². The molecule has 8 nitrogen and oxygen atoms in total. The van der Waals surface area contributed by atoms with Crippen LogP contribution in [0.4, 0.5) is 0 Å². The van der Waals surface area contributed by atoms with Crippen molar-refractivity contribution in [2.75, 3.05) is 0 Å². The molecule has 0 aliphatic rings. The highest BCUT2D eigenvalue weighted by atomic mass is 16.4. The quantitative estimate of drug-likeness (QED) is 0.500. The second kappa shape index (κ2) is 5.80. The second-order valence-electron chi connectivity index (χ2n) is 3.83. The van der Waals surface area contributed by atoms with Crippen LogP contribution >= 0.6 is 0 Å². The summed E-state index contributed by atoms with van der Waals surface area (Å²) in [7, 11) is 0. The number of rotatable bonds is 6. The van der Waals surface area contributed by atoms with Gasteiger partial charge in [-0.15, -0.1) is 0 Å². The fourth-order valence-electron chi connectivity index (χ4n) is 1.37. The van der Waals surface area contributed by atoms with Crippen LogP contribution in [0.25, 0.3) is 0 Å². The van der Waals surface area contributed by atoms with Gasteiger partial charge in [0.05, 0.1) is 19.0 Å². The van der Waals surface area contributed by atoms with E-state index >= 15 is 0 Å². The Morgan fingerprint density at radius 3 is 2.67 bits per heavy atom. The number of carboxylic acids is 1. The molecule has 0 aliphatic carbocycles. The van der Waals surface area contributed by atoms with Crippen molar-refractivity contribution in [2.45, 2.75) is 25.8 Å². The number of carboxylic acid groups (broad SMARTS) is 1. The van der Waals surface area contributed by atoms with Crippen molar-refractivity contribution >= 4 is 17.8 Å². The summed E-state index contributed by atoms with van der Waals surface area (Å²) in [6, 6.07) is -1.30. The highest BCUT2D eigenvalue weighted by Gasteiger charge is 2.22. The number of amides is 2. The van der Waals surface area contributed by atoms with E-state index in [2.05, 4.69) is 15.5 Å². The van der Waals surface area contributed by atoms with Gasteiger partial charge in [0, 0.05) is 11.3 Å². The highest BCUT2D eigenvalue weighted by Crippen LogP contribution is 2.03. The van der Waals surface area contributed by atoms with Crippen molar-refractivity contribution in [3.8, 4) is 0 Å². The molecule has 0 saturated heterocycles. The van der Waals surface area contributed by atoms with Crippen molar-refractivity contribution < 1.29 is 19.5 Å². The molecule has 0 radical (unpaired) electrons. The van der Waals surface area contributed by atoms with Gasteiger partial charge in [-0.2, -0.15) is 5.10 Å². The molecule has 0 saturated carbocycles. The lowest BCUT2D eigenvalue weighted by Gasteiger charge is -2.12. The summed E-state index contributed by atoms with van der Waals surface area (Å²) >= 11 is 0. The maximum absolute atomic E-state index is 11.6. The third-order valence-electron chi connectivity index (χ3n) is 2.32. The Bertz CT molecular complexity index is 468. The van der Waals surface area contributed by atoms with E-state index in [0.29, 0.717) is 5.56 Å². The SMILES string of the molecule is Cc1[nH]ncc1CC(=O)N[C@@H](CC(N)=O)C(=O)O. The molecule has 0 bridgehead atoms. The van der Waals surface area contributed by atoms with Crippen LogP contribution in [0.1, 0.15) is 17.7 Å². The molecule has 0 spiro atoms. The van der Waals surface area contributed by atoms with Crippen LogP contribution in [-0.4, -0.2) is 39.1 Å². The van der Waals surface area contributed by atoms with E-state index in [1.54, 1.807) is 6.92 Å². The molecule has 1 aromatic heterocycles. The maximum Gasteiger partial charge on any atom is 0.326 e. The monoisotopic (exact) mass is 254 g/mol. The number of H-pyrrole nitrogens is 1. The molecule has 5 N–H and O–H groups in total. The fourth-order valence-corrected chi connectivity index (χ4v) is 1.37. The van der Waals surface area contributed by atoms with Crippen LogP contribution in [0.2, 0.25) is 0 Å². The Hall–Kier alpha value is -2.38. The minimum absolute atomic E-state index is 0.00905. The van der Waals surface area contributed by atoms with Gasteiger partial charge in [0.1, 0.15) is 6.04 Å². The van der Waals surface area contributed by atoms with Gasteiger partial charge in [-0.1, -0.05) is 0 Å². The molecule has 98 valence electrons. The van der Waals surface area contributed by atoms with E-state index in [1.165, 1.54) is 6.20 Å². The summed E-state index contributed by atoms with van der Waals surface area (Å²) in [4.78, 5) is 33.0. The van der Waals surface area contributed by atoms with Gasteiger partial charge in [0.25, 0.3) is 0 Å². The Labute approximate surface area is 103 Å². The number of nitrogens with zero attached hydrogens (tertiary/aromatic N) is 1. The van der Waals surface area contributed by atoms with E-state index in [1.807, 2.05) is 0 Å². The molecule has 1 rings (SSSR count). The summed E-state index contributed by atoms with van der Waals surface area (Å²) < 4.78 is 0. The van der Waals surface area contributed by atoms with E-state index in [4.69, 9.17) is 10.8 Å². The van der Waals surface area contributed by atoms with Gasteiger partial charge in [-0.3, -0.25) is 14.7 Å². The first kappa shape index (κ1) is 13.7. The number of nitrogens with two attached hydrogens (primary N) is 1. The van der Waals surface area contributed by atoms with Crippen LogP contribution in [0.3, 0.4) is 0 Å². The van der Waals surface area contributed by atoms with Crippen LogP contribution in [0.15, 0.2) is 6.20 Å². The molecule has 0 aromatic carbocycles. The summed E-state index contributed by atoms with van der Waals surface area (Å²) in [6.07, 6.45) is 1.04. The number of hydrogen-bond donors (Lipinski definition) is 4. The molecular formula is C10H14N4O4. The topological polar surface area (TPSA) is 138 Å². The second-order valence-corrected chi connectivity index (χ2v) is 3.83. The number of aryl methyl sites for hydroxylation is 1. The van der Waals surface area contributed by atoms with Crippen LogP contribution in [0.5, 0.6) is 0 Å². The maximum atomic E-state index is 11.6. The Morgan fingerprint density at radius 2 is 2.22 bits per heavy atom. The molecular weight excluding hydrogens is 240 g/mol. The van der Waals surface area contributed by atoms with Crippen molar-refractivity contribution in [2.24, 2.45) is 5.73 Å². The van der Waals surface area contributed by atoms with Gasteiger partial charge in [0.15, 0.2) is 0 Å². The molecule has 8 heteroatoms. The van der Waals surface area contributed by atoms with Gasteiger partial charge >= 0.3 is 5.97 Å². The minimum atomic E-state index is -1.30. The zero-order chi connectivity index (χ0) is 13.7. The van der Waals surface area contributed by atoms with E-state index < -0.39 is 30.2 Å². The number of carbonyl (C=O) groups is 3. The average Bonchev–Trinajstić information content (AvgIpc) is 2.62. The molecule has 0 fully saturated rings. The third kappa shape index (κ3) is 3.89. The van der Waals surface area contributed by atoms with Crippen LogP contribution in [0, 0.1) is 6.92 Å². The predicted molar refractivity (Wildman–Crippen MR) is 60.4 cm³/mol. The Balaban J connectivity index is 2.59. The molecule has 2 amide bonds. The predicted octanol–water partition coefficient (Wildman–Crippen LogP) is -1.29. The van der Waals surface area contributed by atoms with Gasteiger partial charge in [-0.05, 0) is 6.92 Å². The normalized spacial score (nSPS) is 11.8. The number of aliphatic carboxylic acids is 1. The summed E-state index contributed by atoms with van der Waals surface area (Å²) in [6.45, 7) is 1.74. The van der Waals surface area contributed by atoms with Gasteiger partial charge in [0.2, 0.25) is 11.8 Å². The largest absolute Gasteiger partial charge is 0.480 e. The van der Waals surface area contributed by atoms with E-state index in [9.17, 15) is 14.4 Å². The van der Waals surface area contributed by atoms with Gasteiger partial charge < -0.3 is 16.2 Å². The molecule has 1 aromatic rings. The van der Waals surface area contributed by atoms with E-state index in [0.717, 1.165) is 5.69 Å². The lowest BCUT2D eigenvalue weighted by atomic mass is 10.1. The lowest BCUT2D eigenvalue weighted by molar-refractivity contribution is -0.143. The zero-order valence-electron chi connectivity index (χ0n) is 9.77. The Morgan fingerprint density at radius 1 is 1.56 bits per heavy atom. The number of aromatic nitrogens is 2. The molecule has 0 aliphatic heterocycles. The molecule has 18 heavy (non-hydrogen) atoms. The number of hydrogen-bond acceptors (Lipinski definition) is 4. The highest BCUT2D eigenvalue weighted by molar-refractivity contribution is 5.88. The fraction of sp³-hybridized carbons (Fsp3) is 0.400. The first-order valence-corrected chi connectivity index (χ1v) is 5.19. The van der Waals surface area contributed by atoms with Crippen molar-refractivity contribution in [3.05, 3.63) is 17.5 Å². The first-order valence-electron chi connectivity index (χ1n) is 5.19. The number of nitrogens with one attached hydrogen (secondary N) is 2. The standard InChI is InChI=1S/C10H14N4O4/c1-5-6(4-12-14-5)2-9(16)13-7(10(17)18)3-8(11)15/h4,7H,2-3H2,1H3,(H2,11,15)(H,12,14)(H,13,16)(H,17,18)/t7-/m0/s1. The summed E-state index contributed by atoms with van der Waals surface area (Å²) in [5.41, 5.74) is 6.29.